The molecule has 0 saturated carbocycles. The molecule has 0 saturated heterocycles. The monoisotopic (exact) mass is 631 g/mol. The van der Waals surface area contributed by atoms with Gasteiger partial charge < -0.3 is 9.84 Å². The average molecular weight is 631 g/mol. The fourth-order valence-corrected chi connectivity index (χ4v) is 6.38. The molecule has 0 fully saturated rings. The third-order valence-electron chi connectivity index (χ3n) is 10.8. The number of phenolic OH excluding ortho intramolecular Hbond substituents is 1. The summed E-state index contributed by atoms with van der Waals surface area (Å²) in [6, 6.07) is 8.92. The quantitative estimate of drug-likeness (QED) is 0.0586. The highest BCUT2D eigenvalue weighted by Gasteiger charge is 2.34. The maximum Gasteiger partial charge on any atom is 0.335 e. The highest BCUT2D eigenvalue weighted by atomic mass is 16.5. The summed E-state index contributed by atoms with van der Waals surface area (Å²) < 4.78 is 6.19. The maximum absolute atomic E-state index is 12.9. The molecule has 2 aromatic carbocycles. The van der Waals surface area contributed by atoms with E-state index in [0.717, 1.165) is 54.4 Å². The Morgan fingerprint density at radius 1 is 0.761 bits per heavy atom. The van der Waals surface area contributed by atoms with Crippen molar-refractivity contribution < 1.29 is 14.6 Å². The van der Waals surface area contributed by atoms with E-state index >= 15 is 0 Å². The first-order valence-corrected chi connectivity index (χ1v) is 17.9. The van der Waals surface area contributed by atoms with Gasteiger partial charge in [0.25, 0.3) is 0 Å². The molecule has 2 rings (SSSR count). The van der Waals surface area contributed by atoms with E-state index < -0.39 is 11.4 Å². The Bertz CT molecular complexity index is 1350. The van der Waals surface area contributed by atoms with Crippen LogP contribution in [0.2, 0.25) is 0 Å². The van der Waals surface area contributed by atoms with Gasteiger partial charge in [-0.2, -0.15) is 0 Å². The van der Waals surface area contributed by atoms with Gasteiger partial charge in [0.2, 0.25) is 0 Å². The minimum absolute atomic E-state index is 0.0790. The number of hydrogen-bond donors (Lipinski definition) is 1. The lowest BCUT2D eigenvalue weighted by atomic mass is 9.71. The molecule has 0 spiro atoms. The topological polar surface area (TPSA) is 46.5 Å². The highest BCUT2D eigenvalue weighted by molar-refractivity contribution is 5.84. The summed E-state index contributed by atoms with van der Waals surface area (Å²) in [5.41, 5.74) is 5.27. The summed E-state index contributed by atoms with van der Waals surface area (Å²) in [5.74, 6) is 0.153. The zero-order valence-electron chi connectivity index (χ0n) is 31.6. The highest BCUT2D eigenvalue weighted by Crippen LogP contribution is 2.49. The molecule has 3 heteroatoms. The maximum atomic E-state index is 12.9. The minimum atomic E-state index is -0.472. The lowest BCUT2D eigenvalue weighted by molar-refractivity contribution is -0.129. The molecule has 1 unspecified atom stereocenters. The van der Waals surface area contributed by atoms with Gasteiger partial charge in [0, 0.05) is 39.7 Å². The Morgan fingerprint density at radius 2 is 1.24 bits per heavy atom. The molecular weight excluding hydrogens is 564 g/mol. The number of unbranched alkanes of at least 4 members (excludes halogenated alkanes) is 4. The number of aromatic hydroxyl groups is 1. The van der Waals surface area contributed by atoms with Gasteiger partial charge >= 0.3 is 5.97 Å². The van der Waals surface area contributed by atoms with Crippen LogP contribution in [0.4, 0.5) is 0 Å². The Hall–Kier alpha value is -2.81. The second-order valence-electron chi connectivity index (χ2n) is 16.1. The minimum Gasteiger partial charge on any atom is -0.507 e. The molecule has 256 valence electrons. The first-order valence-electron chi connectivity index (χ1n) is 17.9. The number of carbonyl (C=O) groups excluding carboxylic acids is 1. The third kappa shape index (κ3) is 9.17. The van der Waals surface area contributed by atoms with Crippen molar-refractivity contribution in [2.24, 2.45) is 0 Å². The standard InChI is InChI=1S/C43H66O3/c1-15-20-22-24-42(11,12)31-26-33(38(45)35(28-31)40(7,8)18-4)30(6)34-27-32(43(13,14)25-23-21-16-2)29-36(41(9,10)19-5)39(34)46-37(44)17-3/h17-18,26-30,45H,3-4,15-16,19-25H2,1-2,5-14H3. The number of esters is 1. The van der Waals surface area contributed by atoms with E-state index in [4.69, 9.17) is 4.74 Å². The van der Waals surface area contributed by atoms with Crippen LogP contribution in [0.25, 0.3) is 0 Å². The molecule has 0 aliphatic rings. The molecule has 0 aliphatic heterocycles. The van der Waals surface area contributed by atoms with E-state index in [9.17, 15) is 9.90 Å². The predicted octanol–water partition coefficient (Wildman–Crippen LogP) is 12.5. The lowest BCUT2D eigenvalue weighted by Crippen LogP contribution is -2.24. The Kier molecular flexibility index (Phi) is 13.6. The third-order valence-corrected chi connectivity index (χ3v) is 10.8. The molecule has 0 bridgehead atoms. The van der Waals surface area contributed by atoms with E-state index in [1.807, 2.05) is 6.08 Å². The Labute approximate surface area is 282 Å². The van der Waals surface area contributed by atoms with E-state index in [1.165, 1.54) is 42.9 Å². The van der Waals surface area contributed by atoms with Crippen molar-refractivity contribution in [3.05, 3.63) is 83.0 Å². The largest absolute Gasteiger partial charge is 0.507 e. The van der Waals surface area contributed by atoms with Crippen molar-refractivity contribution in [2.45, 2.75) is 168 Å². The summed E-state index contributed by atoms with van der Waals surface area (Å²) in [5, 5.41) is 12.1. The van der Waals surface area contributed by atoms with Crippen molar-refractivity contribution in [1.82, 2.24) is 0 Å². The van der Waals surface area contributed by atoms with Gasteiger partial charge in [-0.15, -0.1) is 6.58 Å². The van der Waals surface area contributed by atoms with Gasteiger partial charge in [0.05, 0.1) is 0 Å². The fourth-order valence-electron chi connectivity index (χ4n) is 6.38. The number of hydrogen-bond acceptors (Lipinski definition) is 3. The molecule has 2 aromatic rings. The summed E-state index contributed by atoms with van der Waals surface area (Å²) in [4.78, 5) is 12.9. The number of allylic oxidation sites excluding steroid dienone is 1. The predicted molar refractivity (Wildman–Crippen MR) is 199 cm³/mol. The van der Waals surface area contributed by atoms with E-state index in [1.54, 1.807) is 0 Å². The van der Waals surface area contributed by atoms with Crippen LogP contribution in [0, 0.1) is 0 Å². The SMILES string of the molecule is C=CC(=O)Oc1c(C(C)c2cc(C(C)(C)CCCCC)cc(C(C)(C)C=C)c2O)cc(C(C)(C)CCCCC)cc1C(C)(C)CC. The van der Waals surface area contributed by atoms with Crippen molar-refractivity contribution in [3.63, 3.8) is 0 Å². The lowest BCUT2D eigenvalue weighted by Gasteiger charge is -2.34. The zero-order chi connectivity index (χ0) is 35.1. The number of rotatable bonds is 18. The summed E-state index contributed by atoms with van der Waals surface area (Å²) in [6.07, 6.45) is 13.2. The van der Waals surface area contributed by atoms with Gasteiger partial charge in [0.15, 0.2) is 0 Å². The van der Waals surface area contributed by atoms with E-state index in [-0.39, 0.29) is 27.9 Å². The molecule has 0 heterocycles. The van der Waals surface area contributed by atoms with Gasteiger partial charge in [-0.05, 0) is 46.6 Å². The second-order valence-corrected chi connectivity index (χ2v) is 16.1. The van der Waals surface area contributed by atoms with Gasteiger partial charge in [0.1, 0.15) is 11.5 Å². The molecule has 3 nitrogen and oxygen atoms in total. The zero-order valence-corrected chi connectivity index (χ0v) is 31.6. The van der Waals surface area contributed by atoms with Gasteiger partial charge in [-0.3, -0.25) is 0 Å². The van der Waals surface area contributed by atoms with Crippen LogP contribution in [0.3, 0.4) is 0 Å². The van der Waals surface area contributed by atoms with Crippen LogP contribution in [0.15, 0.2) is 49.6 Å². The second kappa shape index (κ2) is 15.9. The number of ether oxygens (including phenoxy) is 1. The Morgan fingerprint density at radius 3 is 1.67 bits per heavy atom. The molecular formula is C43H66O3. The van der Waals surface area contributed by atoms with E-state index in [2.05, 4.69) is 121 Å². The van der Waals surface area contributed by atoms with Crippen molar-refractivity contribution >= 4 is 5.97 Å². The molecule has 0 amide bonds. The summed E-state index contributed by atoms with van der Waals surface area (Å²) >= 11 is 0. The van der Waals surface area contributed by atoms with Crippen LogP contribution in [-0.4, -0.2) is 11.1 Å². The number of phenols is 1. The van der Waals surface area contributed by atoms with Crippen LogP contribution >= 0.6 is 0 Å². The van der Waals surface area contributed by atoms with Crippen molar-refractivity contribution in [2.75, 3.05) is 0 Å². The Balaban J connectivity index is 3.04. The number of carbonyl (C=O) groups is 1. The van der Waals surface area contributed by atoms with Crippen molar-refractivity contribution in [1.29, 1.82) is 0 Å². The molecule has 0 aliphatic carbocycles. The van der Waals surface area contributed by atoms with E-state index in [0.29, 0.717) is 5.75 Å². The summed E-state index contributed by atoms with van der Waals surface area (Å²) in [6.45, 7) is 34.6. The van der Waals surface area contributed by atoms with Crippen LogP contribution in [0.1, 0.15) is 180 Å². The first-order chi connectivity index (χ1) is 21.3. The van der Waals surface area contributed by atoms with Crippen LogP contribution in [-0.2, 0) is 26.5 Å². The smallest absolute Gasteiger partial charge is 0.335 e. The van der Waals surface area contributed by atoms with Crippen LogP contribution < -0.4 is 4.74 Å². The van der Waals surface area contributed by atoms with Gasteiger partial charge in [-0.1, -0.05) is 159 Å². The normalized spacial score (nSPS) is 13.4. The molecule has 0 radical (unpaired) electrons. The fraction of sp³-hybridized carbons (Fsp3) is 0.605. The molecule has 46 heavy (non-hydrogen) atoms. The average Bonchev–Trinajstić information content (AvgIpc) is 3.00. The summed E-state index contributed by atoms with van der Waals surface area (Å²) in [7, 11) is 0. The number of benzene rings is 2. The van der Waals surface area contributed by atoms with Crippen LogP contribution in [0.5, 0.6) is 11.5 Å². The molecule has 1 atom stereocenters. The van der Waals surface area contributed by atoms with Gasteiger partial charge in [-0.25, -0.2) is 4.79 Å². The molecule has 0 aromatic heterocycles. The first kappa shape index (κ1) is 39.4. The molecule has 1 N–H and O–H groups in total. The van der Waals surface area contributed by atoms with Crippen molar-refractivity contribution in [3.8, 4) is 11.5 Å².